The minimum Gasteiger partial charge on any atom is -0.378 e. The lowest BCUT2D eigenvalue weighted by molar-refractivity contribution is 0.105. The molecule has 2 nitrogen and oxygen atoms in total. The fraction of sp³-hybridized carbons (Fsp3) is 0.250. The van der Waals surface area contributed by atoms with Crippen LogP contribution in [0.5, 0.6) is 0 Å². The Balaban J connectivity index is 2.97. The average molecular weight is 257 g/mol. The number of ketones is 1. The highest BCUT2D eigenvalue weighted by Gasteiger charge is 2.09. The molecule has 0 saturated heterocycles. The molecule has 0 aromatic heterocycles. The van der Waals surface area contributed by atoms with Crippen molar-refractivity contribution in [3.63, 3.8) is 0 Å². The number of carbonyl (C=O) groups excluding carboxylic acids is 1. The lowest BCUT2D eigenvalue weighted by Crippen LogP contribution is -2.15. The van der Waals surface area contributed by atoms with Gasteiger partial charge in [-0.2, -0.15) is 0 Å². The van der Waals surface area contributed by atoms with Gasteiger partial charge in [-0.1, -0.05) is 29.1 Å². The monoisotopic (exact) mass is 256 g/mol. The van der Waals surface area contributed by atoms with Crippen molar-refractivity contribution in [1.29, 1.82) is 0 Å². The summed E-state index contributed by atoms with van der Waals surface area (Å²) in [6.07, 6.45) is 0. The van der Waals surface area contributed by atoms with Crippen molar-refractivity contribution >= 4 is 29.0 Å². The first kappa shape index (κ1) is 13.1. The Morgan fingerprint density at radius 1 is 1.31 bits per heavy atom. The molecule has 0 heterocycles. The molecule has 0 aliphatic rings. The summed E-state index contributed by atoms with van der Waals surface area (Å²) < 4.78 is 0. The van der Waals surface area contributed by atoms with Crippen molar-refractivity contribution in [1.82, 2.24) is 0 Å². The summed E-state index contributed by atoms with van der Waals surface area (Å²) in [5, 5.41) is 10.0. The van der Waals surface area contributed by atoms with Crippen molar-refractivity contribution in [2.75, 3.05) is 0 Å². The van der Waals surface area contributed by atoms with Gasteiger partial charge < -0.3 is 5.11 Å². The number of Topliss-reactive ketones (excluding diaryl/α,β-unsaturated/α-hetero) is 1. The van der Waals surface area contributed by atoms with Crippen LogP contribution in [0.2, 0.25) is 10.0 Å². The SMILES string of the molecule is CC(C)(O)C#CC(=O)c1ccc(Cl)c(Cl)c1. The fourth-order valence-corrected chi connectivity index (χ4v) is 1.22. The van der Waals surface area contributed by atoms with E-state index in [4.69, 9.17) is 23.2 Å². The number of rotatable bonds is 1. The molecule has 0 aliphatic heterocycles. The highest BCUT2D eigenvalue weighted by molar-refractivity contribution is 6.42. The largest absolute Gasteiger partial charge is 0.378 e. The normalized spacial score (nSPS) is 10.6. The van der Waals surface area contributed by atoms with Crippen LogP contribution in [-0.2, 0) is 0 Å². The predicted molar refractivity (Wildman–Crippen MR) is 64.9 cm³/mol. The van der Waals surface area contributed by atoms with E-state index >= 15 is 0 Å². The van der Waals surface area contributed by atoms with Crippen LogP contribution in [0.25, 0.3) is 0 Å². The molecule has 4 heteroatoms. The van der Waals surface area contributed by atoms with Gasteiger partial charge in [0.1, 0.15) is 5.60 Å². The van der Waals surface area contributed by atoms with Crippen LogP contribution >= 0.6 is 23.2 Å². The first-order valence-electron chi connectivity index (χ1n) is 4.54. The maximum atomic E-state index is 11.6. The fourth-order valence-electron chi connectivity index (χ4n) is 0.919. The van der Waals surface area contributed by atoms with Gasteiger partial charge in [-0.15, -0.1) is 0 Å². The van der Waals surface area contributed by atoms with Crippen molar-refractivity contribution in [3.05, 3.63) is 33.8 Å². The van der Waals surface area contributed by atoms with E-state index in [0.717, 1.165) is 0 Å². The van der Waals surface area contributed by atoms with Gasteiger partial charge in [-0.05, 0) is 38.0 Å². The number of hydrogen-bond donors (Lipinski definition) is 1. The quantitative estimate of drug-likeness (QED) is 0.477. The predicted octanol–water partition coefficient (Wildman–Crippen LogP) is 2.95. The van der Waals surface area contributed by atoms with E-state index in [0.29, 0.717) is 15.6 Å². The second-order valence-electron chi connectivity index (χ2n) is 3.77. The van der Waals surface area contributed by atoms with E-state index in [-0.39, 0.29) is 0 Å². The van der Waals surface area contributed by atoms with Crippen LogP contribution in [0.3, 0.4) is 0 Å². The standard InChI is InChI=1S/C12H10Cl2O2/c1-12(2,16)6-5-11(15)8-3-4-9(13)10(14)7-8/h3-4,7,16H,1-2H3. The summed E-state index contributed by atoms with van der Waals surface area (Å²) in [6, 6.07) is 4.52. The third-order valence-corrected chi connectivity index (χ3v) is 2.40. The average Bonchev–Trinajstić information content (AvgIpc) is 2.17. The second-order valence-corrected chi connectivity index (χ2v) is 4.58. The minimum atomic E-state index is -1.19. The summed E-state index contributed by atoms with van der Waals surface area (Å²) in [4.78, 5) is 11.6. The van der Waals surface area contributed by atoms with E-state index < -0.39 is 11.4 Å². The Labute approximate surface area is 104 Å². The van der Waals surface area contributed by atoms with Gasteiger partial charge in [0.15, 0.2) is 0 Å². The van der Waals surface area contributed by atoms with Gasteiger partial charge in [0.2, 0.25) is 5.78 Å². The Morgan fingerprint density at radius 2 is 1.94 bits per heavy atom. The highest BCUT2D eigenvalue weighted by atomic mass is 35.5. The molecule has 1 aromatic carbocycles. The van der Waals surface area contributed by atoms with Crippen LogP contribution in [0, 0.1) is 11.8 Å². The molecule has 0 unspecified atom stereocenters. The molecule has 0 radical (unpaired) electrons. The van der Waals surface area contributed by atoms with Crippen molar-refractivity contribution in [2.24, 2.45) is 0 Å². The first-order valence-corrected chi connectivity index (χ1v) is 5.30. The van der Waals surface area contributed by atoms with Gasteiger partial charge >= 0.3 is 0 Å². The molecule has 0 amide bonds. The molecular formula is C12H10Cl2O2. The lowest BCUT2D eigenvalue weighted by Gasteiger charge is -2.05. The van der Waals surface area contributed by atoms with Gasteiger partial charge in [0, 0.05) is 5.56 Å². The molecule has 0 aliphatic carbocycles. The summed E-state index contributed by atoms with van der Waals surface area (Å²) in [7, 11) is 0. The van der Waals surface area contributed by atoms with Crippen LogP contribution in [0.1, 0.15) is 24.2 Å². The van der Waals surface area contributed by atoms with Crippen LogP contribution < -0.4 is 0 Å². The number of halogens is 2. The molecule has 1 aromatic rings. The van der Waals surface area contributed by atoms with Gasteiger partial charge in [0.25, 0.3) is 0 Å². The summed E-state index contributed by atoms with van der Waals surface area (Å²) in [5.74, 6) is 4.38. The summed E-state index contributed by atoms with van der Waals surface area (Å²) in [5.41, 5.74) is -0.836. The smallest absolute Gasteiger partial charge is 0.236 e. The molecule has 1 N–H and O–H groups in total. The van der Waals surface area contributed by atoms with E-state index in [1.54, 1.807) is 0 Å². The third-order valence-electron chi connectivity index (χ3n) is 1.66. The van der Waals surface area contributed by atoms with E-state index in [1.807, 2.05) is 0 Å². The number of carbonyl (C=O) groups is 1. The molecule has 0 fully saturated rings. The van der Waals surface area contributed by atoms with Crippen LogP contribution in [0.15, 0.2) is 18.2 Å². The molecule has 0 atom stereocenters. The first-order chi connectivity index (χ1) is 7.29. The molecule has 0 bridgehead atoms. The maximum absolute atomic E-state index is 11.6. The maximum Gasteiger partial charge on any atom is 0.236 e. The van der Waals surface area contributed by atoms with Crippen LogP contribution in [-0.4, -0.2) is 16.5 Å². The zero-order valence-corrected chi connectivity index (χ0v) is 10.4. The zero-order chi connectivity index (χ0) is 12.3. The third kappa shape index (κ3) is 3.86. The van der Waals surface area contributed by atoms with Crippen molar-refractivity contribution in [3.8, 4) is 11.8 Å². The Bertz CT molecular complexity index is 476. The van der Waals surface area contributed by atoms with Crippen LogP contribution in [0.4, 0.5) is 0 Å². The van der Waals surface area contributed by atoms with Gasteiger partial charge in [-0.3, -0.25) is 4.79 Å². The second kappa shape index (κ2) is 4.88. The Hall–Kier alpha value is -1.01. The molecular weight excluding hydrogens is 247 g/mol. The van der Waals surface area contributed by atoms with Crippen molar-refractivity contribution < 1.29 is 9.90 Å². The molecule has 0 spiro atoms. The summed E-state index contributed by atoms with van der Waals surface area (Å²) >= 11 is 11.5. The molecule has 1 rings (SSSR count). The number of hydrogen-bond acceptors (Lipinski definition) is 2. The van der Waals surface area contributed by atoms with Gasteiger partial charge in [-0.25, -0.2) is 0 Å². The molecule has 16 heavy (non-hydrogen) atoms. The Kier molecular flexibility index (Phi) is 3.98. The van der Waals surface area contributed by atoms with Gasteiger partial charge in [0.05, 0.1) is 10.0 Å². The molecule has 84 valence electrons. The van der Waals surface area contributed by atoms with E-state index in [1.165, 1.54) is 32.0 Å². The lowest BCUT2D eigenvalue weighted by atomic mass is 10.1. The minimum absolute atomic E-state index is 0.303. The number of benzene rings is 1. The number of aliphatic hydroxyl groups is 1. The van der Waals surface area contributed by atoms with E-state index in [9.17, 15) is 9.90 Å². The van der Waals surface area contributed by atoms with Crippen molar-refractivity contribution in [2.45, 2.75) is 19.4 Å². The zero-order valence-electron chi connectivity index (χ0n) is 8.84. The molecule has 0 saturated carbocycles. The topological polar surface area (TPSA) is 37.3 Å². The highest BCUT2D eigenvalue weighted by Crippen LogP contribution is 2.22. The van der Waals surface area contributed by atoms with E-state index in [2.05, 4.69) is 11.8 Å². The Morgan fingerprint density at radius 3 is 2.44 bits per heavy atom. The summed E-state index contributed by atoms with van der Waals surface area (Å²) in [6.45, 7) is 3.00.